The Labute approximate surface area is 112 Å². The Morgan fingerprint density at radius 2 is 2.00 bits per heavy atom. The SMILES string of the molecule is CC1CN(C)CCCN1CC1CCCCCC1=O. The molecule has 104 valence electrons. The number of ketones is 1. The summed E-state index contributed by atoms with van der Waals surface area (Å²) >= 11 is 0. The van der Waals surface area contributed by atoms with Gasteiger partial charge in [0.15, 0.2) is 0 Å². The number of rotatable bonds is 2. The maximum absolute atomic E-state index is 12.1. The second-order valence-corrected chi connectivity index (χ2v) is 6.22. The average molecular weight is 252 g/mol. The molecule has 1 saturated carbocycles. The number of likely N-dealkylation sites (N-methyl/N-ethyl adjacent to an activating group) is 1. The molecule has 2 atom stereocenters. The highest BCUT2D eigenvalue weighted by molar-refractivity contribution is 5.81. The zero-order valence-electron chi connectivity index (χ0n) is 12.0. The van der Waals surface area contributed by atoms with Crippen LogP contribution < -0.4 is 0 Å². The number of Topliss-reactive ketones (excluding diaryl/α,β-unsaturated/α-hetero) is 1. The molecule has 0 N–H and O–H groups in total. The van der Waals surface area contributed by atoms with Gasteiger partial charge in [-0.15, -0.1) is 0 Å². The van der Waals surface area contributed by atoms with E-state index in [2.05, 4.69) is 23.8 Å². The molecule has 0 aromatic carbocycles. The second kappa shape index (κ2) is 6.67. The first-order chi connectivity index (χ1) is 8.66. The highest BCUT2D eigenvalue weighted by atomic mass is 16.1. The van der Waals surface area contributed by atoms with E-state index in [0.717, 1.165) is 38.9 Å². The van der Waals surface area contributed by atoms with Crippen molar-refractivity contribution in [2.45, 2.75) is 51.5 Å². The van der Waals surface area contributed by atoms with E-state index in [-0.39, 0.29) is 0 Å². The highest BCUT2D eigenvalue weighted by Crippen LogP contribution is 2.22. The Balaban J connectivity index is 1.91. The standard InChI is InChI=1S/C15H28N2O/c1-13-11-16(2)9-6-10-17(13)12-14-7-4-3-5-8-15(14)18/h13-14H,3-12H2,1-2H3. The van der Waals surface area contributed by atoms with E-state index in [1.807, 2.05) is 0 Å². The molecule has 3 heteroatoms. The largest absolute Gasteiger partial charge is 0.305 e. The Hall–Kier alpha value is -0.410. The van der Waals surface area contributed by atoms with Crippen molar-refractivity contribution in [2.75, 3.05) is 33.2 Å². The van der Waals surface area contributed by atoms with E-state index in [4.69, 9.17) is 0 Å². The summed E-state index contributed by atoms with van der Waals surface area (Å²) in [6, 6.07) is 0.591. The maximum atomic E-state index is 12.1. The van der Waals surface area contributed by atoms with Crippen molar-refractivity contribution in [1.29, 1.82) is 0 Å². The molecule has 2 aliphatic rings. The molecule has 0 aromatic heterocycles. The van der Waals surface area contributed by atoms with Crippen molar-refractivity contribution in [3.8, 4) is 0 Å². The van der Waals surface area contributed by atoms with Crippen molar-refractivity contribution in [3.63, 3.8) is 0 Å². The lowest BCUT2D eigenvalue weighted by Crippen LogP contribution is -2.42. The number of carbonyl (C=O) groups excluding carboxylic acids is 1. The van der Waals surface area contributed by atoms with E-state index in [9.17, 15) is 4.79 Å². The minimum atomic E-state index is 0.318. The van der Waals surface area contributed by atoms with Gasteiger partial charge in [0.2, 0.25) is 0 Å². The van der Waals surface area contributed by atoms with Gasteiger partial charge in [-0.2, -0.15) is 0 Å². The molecule has 0 bridgehead atoms. The van der Waals surface area contributed by atoms with Crippen molar-refractivity contribution in [3.05, 3.63) is 0 Å². The molecule has 3 nitrogen and oxygen atoms in total. The third-order valence-electron chi connectivity index (χ3n) is 4.57. The van der Waals surface area contributed by atoms with Gasteiger partial charge in [-0.05, 0) is 46.3 Å². The average Bonchev–Trinajstić information content (AvgIpc) is 2.61. The fourth-order valence-corrected chi connectivity index (χ4v) is 3.40. The Bertz CT molecular complexity index is 280. The van der Waals surface area contributed by atoms with Crippen LogP contribution in [0.25, 0.3) is 0 Å². The van der Waals surface area contributed by atoms with Crippen molar-refractivity contribution < 1.29 is 4.79 Å². The molecule has 2 unspecified atom stereocenters. The molecule has 1 aliphatic carbocycles. The van der Waals surface area contributed by atoms with Crippen LogP contribution in [0.5, 0.6) is 0 Å². The summed E-state index contributed by atoms with van der Waals surface area (Å²) < 4.78 is 0. The van der Waals surface area contributed by atoms with Crippen LogP contribution in [-0.4, -0.2) is 54.9 Å². The Kier molecular flexibility index (Phi) is 5.19. The van der Waals surface area contributed by atoms with E-state index in [1.54, 1.807) is 0 Å². The Morgan fingerprint density at radius 3 is 2.83 bits per heavy atom. The monoisotopic (exact) mass is 252 g/mol. The first-order valence-electron chi connectivity index (χ1n) is 7.62. The van der Waals surface area contributed by atoms with Crippen molar-refractivity contribution >= 4 is 5.78 Å². The molecule has 1 aliphatic heterocycles. The van der Waals surface area contributed by atoms with Gasteiger partial charge in [0.05, 0.1) is 0 Å². The molecule has 0 radical (unpaired) electrons. The molecular formula is C15H28N2O. The van der Waals surface area contributed by atoms with Crippen LogP contribution in [-0.2, 0) is 4.79 Å². The maximum Gasteiger partial charge on any atom is 0.137 e. The van der Waals surface area contributed by atoms with Gasteiger partial charge in [-0.3, -0.25) is 9.69 Å². The summed E-state index contributed by atoms with van der Waals surface area (Å²) in [5.41, 5.74) is 0. The van der Waals surface area contributed by atoms with Crippen molar-refractivity contribution in [1.82, 2.24) is 9.80 Å². The predicted octanol–water partition coefficient (Wildman–Crippen LogP) is 2.16. The van der Waals surface area contributed by atoms with Crippen molar-refractivity contribution in [2.24, 2.45) is 5.92 Å². The summed E-state index contributed by atoms with van der Waals surface area (Å²) in [4.78, 5) is 17.1. The zero-order valence-corrected chi connectivity index (χ0v) is 12.0. The summed E-state index contributed by atoms with van der Waals surface area (Å²) in [5, 5.41) is 0. The van der Waals surface area contributed by atoms with Crippen LogP contribution in [0.3, 0.4) is 0 Å². The zero-order chi connectivity index (χ0) is 13.0. The van der Waals surface area contributed by atoms with Crippen LogP contribution in [0.4, 0.5) is 0 Å². The highest BCUT2D eigenvalue weighted by Gasteiger charge is 2.26. The van der Waals surface area contributed by atoms with E-state index >= 15 is 0 Å². The molecular weight excluding hydrogens is 224 g/mol. The molecule has 0 amide bonds. The predicted molar refractivity (Wildman–Crippen MR) is 74.7 cm³/mol. The normalized spacial score (nSPS) is 33.1. The van der Waals surface area contributed by atoms with Crippen LogP contribution in [0.1, 0.15) is 45.4 Å². The molecule has 0 aromatic rings. The molecule has 2 rings (SSSR count). The molecule has 1 saturated heterocycles. The van der Waals surface area contributed by atoms with Crippen LogP contribution in [0.15, 0.2) is 0 Å². The second-order valence-electron chi connectivity index (χ2n) is 6.22. The summed E-state index contributed by atoms with van der Waals surface area (Å²) in [5.74, 6) is 0.843. The smallest absolute Gasteiger partial charge is 0.137 e. The summed E-state index contributed by atoms with van der Waals surface area (Å²) in [6.07, 6.45) is 6.80. The van der Waals surface area contributed by atoms with Gasteiger partial charge in [0, 0.05) is 31.5 Å². The first-order valence-corrected chi connectivity index (χ1v) is 7.62. The quantitative estimate of drug-likeness (QED) is 0.704. The van der Waals surface area contributed by atoms with Gasteiger partial charge >= 0.3 is 0 Å². The van der Waals surface area contributed by atoms with Crippen LogP contribution >= 0.6 is 0 Å². The Morgan fingerprint density at radius 1 is 1.17 bits per heavy atom. The third-order valence-corrected chi connectivity index (χ3v) is 4.57. The molecule has 18 heavy (non-hydrogen) atoms. The number of carbonyl (C=O) groups is 1. The fraction of sp³-hybridized carbons (Fsp3) is 0.933. The fourth-order valence-electron chi connectivity index (χ4n) is 3.40. The first kappa shape index (κ1) is 14.0. The molecule has 1 heterocycles. The van der Waals surface area contributed by atoms with E-state index in [0.29, 0.717) is 17.7 Å². The van der Waals surface area contributed by atoms with Gasteiger partial charge in [0.1, 0.15) is 5.78 Å². The van der Waals surface area contributed by atoms with Crippen LogP contribution in [0.2, 0.25) is 0 Å². The topological polar surface area (TPSA) is 23.6 Å². The summed E-state index contributed by atoms with van der Waals surface area (Å²) in [6.45, 7) is 6.81. The van der Waals surface area contributed by atoms with E-state index < -0.39 is 0 Å². The van der Waals surface area contributed by atoms with Gasteiger partial charge in [-0.1, -0.05) is 12.8 Å². The van der Waals surface area contributed by atoms with Gasteiger partial charge in [0.25, 0.3) is 0 Å². The van der Waals surface area contributed by atoms with Crippen LogP contribution in [0, 0.1) is 5.92 Å². The minimum Gasteiger partial charge on any atom is -0.305 e. The van der Waals surface area contributed by atoms with Gasteiger partial charge in [-0.25, -0.2) is 0 Å². The lowest BCUT2D eigenvalue weighted by Gasteiger charge is -2.30. The van der Waals surface area contributed by atoms with Gasteiger partial charge < -0.3 is 4.90 Å². The number of hydrogen-bond donors (Lipinski definition) is 0. The summed E-state index contributed by atoms with van der Waals surface area (Å²) in [7, 11) is 2.21. The molecule has 0 spiro atoms. The lowest BCUT2D eigenvalue weighted by atomic mass is 9.97. The third kappa shape index (κ3) is 3.79. The number of hydrogen-bond acceptors (Lipinski definition) is 3. The molecule has 2 fully saturated rings. The minimum absolute atomic E-state index is 0.318. The van der Waals surface area contributed by atoms with E-state index in [1.165, 1.54) is 25.8 Å². The lowest BCUT2D eigenvalue weighted by molar-refractivity contribution is -0.123. The number of nitrogens with zero attached hydrogens (tertiary/aromatic N) is 2.